The summed E-state index contributed by atoms with van der Waals surface area (Å²) in [6, 6.07) is 5.69. The van der Waals surface area contributed by atoms with E-state index in [9.17, 15) is 31.5 Å². The van der Waals surface area contributed by atoms with Gasteiger partial charge in [0.05, 0.1) is 12.2 Å². The number of aromatic nitrogens is 1. The number of nitrogens with zero attached hydrogens (tertiary/aromatic N) is 1. The number of amides is 2. The third-order valence-electron chi connectivity index (χ3n) is 4.89. The van der Waals surface area contributed by atoms with Crippen LogP contribution in [0.3, 0.4) is 0 Å². The number of nitrogens with one attached hydrogen (secondary N) is 1. The highest BCUT2D eigenvalue weighted by Gasteiger charge is 2.37. The third-order valence-corrected chi connectivity index (χ3v) is 4.89. The number of anilines is 1. The van der Waals surface area contributed by atoms with Gasteiger partial charge in [0.25, 0.3) is 11.8 Å². The number of halogens is 5. The van der Waals surface area contributed by atoms with E-state index in [4.69, 9.17) is 15.2 Å². The Morgan fingerprint density at radius 2 is 1.82 bits per heavy atom. The molecule has 2 amide bonds. The van der Waals surface area contributed by atoms with E-state index in [0.29, 0.717) is 6.07 Å². The topological polar surface area (TPSA) is 104 Å². The van der Waals surface area contributed by atoms with Gasteiger partial charge in [-0.15, -0.1) is 0 Å². The number of nitrogens with two attached hydrogens (primary N) is 1. The molecule has 3 N–H and O–H groups in total. The summed E-state index contributed by atoms with van der Waals surface area (Å²) < 4.78 is 79.8. The van der Waals surface area contributed by atoms with Crippen LogP contribution in [0.25, 0.3) is 0 Å². The first kappa shape index (κ1) is 23.0. The molecule has 0 bridgehead atoms. The van der Waals surface area contributed by atoms with E-state index < -0.39 is 46.5 Å². The van der Waals surface area contributed by atoms with Crippen molar-refractivity contribution in [1.82, 2.24) is 4.98 Å². The average Bonchev–Trinajstić information content (AvgIpc) is 3.26. The van der Waals surface area contributed by atoms with Gasteiger partial charge in [0.2, 0.25) is 0 Å². The van der Waals surface area contributed by atoms with Crippen LogP contribution in [-0.2, 0) is 12.6 Å². The van der Waals surface area contributed by atoms with Crippen LogP contribution in [0.1, 0.15) is 32.0 Å². The zero-order chi connectivity index (χ0) is 24.6. The van der Waals surface area contributed by atoms with Gasteiger partial charge < -0.3 is 20.5 Å². The van der Waals surface area contributed by atoms with E-state index in [1.807, 2.05) is 0 Å². The predicted molar refractivity (Wildman–Crippen MR) is 108 cm³/mol. The van der Waals surface area contributed by atoms with Crippen molar-refractivity contribution in [3.8, 4) is 17.2 Å². The molecule has 4 rings (SSSR count). The third kappa shape index (κ3) is 4.34. The minimum absolute atomic E-state index is 0.00639. The van der Waals surface area contributed by atoms with E-state index >= 15 is 0 Å². The SMILES string of the molecule is NC(=O)c1cc(NC(=O)c2c(Oc3ccc(F)c4c3OCC4)ccc(C(F)(F)F)c2F)ccn1. The van der Waals surface area contributed by atoms with Crippen LogP contribution in [0.15, 0.2) is 42.6 Å². The molecule has 0 aliphatic carbocycles. The molecule has 0 unspecified atom stereocenters. The Bertz CT molecular complexity index is 1310. The Morgan fingerprint density at radius 3 is 2.53 bits per heavy atom. The summed E-state index contributed by atoms with van der Waals surface area (Å²) in [5, 5.41) is 2.20. The summed E-state index contributed by atoms with van der Waals surface area (Å²) >= 11 is 0. The molecule has 12 heteroatoms. The van der Waals surface area contributed by atoms with Gasteiger partial charge in [0.15, 0.2) is 17.3 Å². The number of fused-ring (bicyclic) bond motifs is 1. The molecule has 1 aromatic heterocycles. The fraction of sp³-hybridized carbons (Fsp3) is 0.136. The molecule has 0 saturated heterocycles. The van der Waals surface area contributed by atoms with Gasteiger partial charge in [-0.2, -0.15) is 13.2 Å². The average molecular weight is 479 g/mol. The highest BCUT2D eigenvalue weighted by molar-refractivity contribution is 6.07. The highest BCUT2D eigenvalue weighted by Crippen LogP contribution is 2.42. The maximum absolute atomic E-state index is 15.0. The molecule has 0 spiro atoms. The van der Waals surface area contributed by atoms with Gasteiger partial charge in [-0.3, -0.25) is 14.6 Å². The summed E-state index contributed by atoms with van der Waals surface area (Å²) in [7, 11) is 0. The van der Waals surface area contributed by atoms with Crippen LogP contribution in [0.2, 0.25) is 0 Å². The Morgan fingerprint density at radius 1 is 1.09 bits per heavy atom. The van der Waals surface area contributed by atoms with Gasteiger partial charge in [-0.25, -0.2) is 8.78 Å². The minimum atomic E-state index is -5.10. The zero-order valence-corrected chi connectivity index (χ0v) is 17.0. The first-order valence-corrected chi connectivity index (χ1v) is 9.65. The Balaban J connectivity index is 1.77. The second-order valence-corrected chi connectivity index (χ2v) is 7.10. The number of pyridine rings is 1. The maximum atomic E-state index is 15.0. The zero-order valence-electron chi connectivity index (χ0n) is 17.0. The molecule has 2 aromatic carbocycles. The number of ether oxygens (including phenoxy) is 2. The number of carbonyl (C=O) groups excluding carboxylic acids is 2. The monoisotopic (exact) mass is 479 g/mol. The van der Waals surface area contributed by atoms with Crippen LogP contribution < -0.4 is 20.5 Å². The molecular formula is C22H14F5N3O4. The molecule has 0 radical (unpaired) electrons. The van der Waals surface area contributed by atoms with Crippen molar-refractivity contribution in [2.24, 2.45) is 5.73 Å². The molecule has 1 aliphatic rings. The van der Waals surface area contributed by atoms with Crippen molar-refractivity contribution < 1.29 is 41.0 Å². The van der Waals surface area contributed by atoms with E-state index in [1.54, 1.807) is 0 Å². The second kappa shape index (κ2) is 8.61. The highest BCUT2D eigenvalue weighted by atomic mass is 19.4. The lowest BCUT2D eigenvalue weighted by atomic mass is 10.1. The van der Waals surface area contributed by atoms with Crippen LogP contribution >= 0.6 is 0 Å². The van der Waals surface area contributed by atoms with Gasteiger partial charge in [0, 0.05) is 23.9 Å². The van der Waals surface area contributed by atoms with E-state index in [1.165, 1.54) is 6.07 Å². The van der Waals surface area contributed by atoms with Crippen molar-refractivity contribution in [3.05, 3.63) is 76.6 Å². The van der Waals surface area contributed by atoms with Crippen molar-refractivity contribution in [2.45, 2.75) is 12.6 Å². The predicted octanol–water partition coefficient (Wildman–Crippen LogP) is 4.46. The standard InChI is InChI=1S/C22H14F5N3O4/c23-13-2-4-16(19-11(13)6-8-33-19)34-15-3-1-12(22(25,26)27)18(24)17(15)21(32)30-10-5-7-29-14(9-10)20(28)31/h1-5,7,9H,6,8H2,(H2,28,31)(H,29,30,32). The molecule has 3 aromatic rings. The van der Waals surface area contributed by atoms with Crippen molar-refractivity contribution in [2.75, 3.05) is 11.9 Å². The van der Waals surface area contributed by atoms with E-state index in [0.717, 1.165) is 30.5 Å². The lowest BCUT2D eigenvalue weighted by Crippen LogP contribution is -2.19. The minimum Gasteiger partial charge on any atom is -0.489 e. The number of alkyl halides is 3. The lowest BCUT2D eigenvalue weighted by molar-refractivity contribution is -0.140. The number of carbonyl (C=O) groups is 2. The number of hydrogen-bond donors (Lipinski definition) is 2. The molecule has 176 valence electrons. The van der Waals surface area contributed by atoms with E-state index in [-0.39, 0.29) is 41.5 Å². The smallest absolute Gasteiger partial charge is 0.419 e. The lowest BCUT2D eigenvalue weighted by Gasteiger charge is -2.17. The Hall–Kier alpha value is -4.22. The van der Waals surface area contributed by atoms with Gasteiger partial charge in [0.1, 0.15) is 22.8 Å². The molecule has 7 nitrogen and oxygen atoms in total. The molecule has 1 aliphatic heterocycles. The first-order valence-electron chi connectivity index (χ1n) is 9.65. The molecule has 34 heavy (non-hydrogen) atoms. The van der Waals surface area contributed by atoms with Crippen molar-refractivity contribution in [3.63, 3.8) is 0 Å². The largest absolute Gasteiger partial charge is 0.489 e. The van der Waals surface area contributed by atoms with Crippen molar-refractivity contribution >= 4 is 17.5 Å². The first-order chi connectivity index (χ1) is 16.1. The Labute approximate surface area is 188 Å². The summed E-state index contributed by atoms with van der Waals surface area (Å²) in [6.07, 6.45) is -3.75. The van der Waals surface area contributed by atoms with E-state index in [2.05, 4.69) is 10.3 Å². The fourth-order valence-corrected chi connectivity index (χ4v) is 3.34. The molecular weight excluding hydrogens is 465 g/mol. The second-order valence-electron chi connectivity index (χ2n) is 7.10. The molecule has 0 fully saturated rings. The Kier molecular flexibility index (Phi) is 5.82. The fourth-order valence-electron chi connectivity index (χ4n) is 3.34. The summed E-state index contributed by atoms with van der Waals surface area (Å²) in [5.41, 5.74) is 2.23. The summed E-state index contributed by atoms with van der Waals surface area (Å²) in [4.78, 5) is 27.8. The van der Waals surface area contributed by atoms with Crippen LogP contribution in [0.5, 0.6) is 17.2 Å². The van der Waals surface area contributed by atoms with Crippen LogP contribution in [0, 0.1) is 11.6 Å². The maximum Gasteiger partial charge on any atom is 0.419 e. The number of hydrogen-bond acceptors (Lipinski definition) is 5. The van der Waals surface area contributed by atoms with Gasteiger partial charge >= 0.3 is 6.18 Å². The molecule has 0 saturated carbocycles. The molecule has 0 atom stereocenters. The molecule has 2 heterocycles. The van der Waals surface area contributed by atoms with Crippen LogP contribution in [-0.4, -0.2) is 23.4 Å². The summed E-state index contributed by atoms with van der Waals surface area (Å²) in [5.74, 6) is -5.36. The van der Waals surface area contributed by atoms with Gasteiger partial charge in [-0.1, -0.05) is 0 Å². The number of rotatable bonds is 5. The number of primary amides is 1. The normalized spacial score (nSPS) is 12.6. The number of benzene rings is 2. The summed E-state index contributed by atoms with van der Waals surface area (Å²) in [6.45, 7) is 0.144. The van der Waals surface area contributed by atoms with Crippen LogP contribution in [0.4, 0.5) is 27.6 Å². The van der Waals surface area contributed by atoms with Gasteiger partial charge in [-0.05, 0) is 36.4 Å². The quantitative estimate of drug-likeness (QED) is 0.526. The van der Waals surface area contributed by atoms with Crippen molar-refractivity contribution in [1.29, 1.82) is 0 Å².